The number of carboxylic acid groups (broad SMARTS) is 1. The second-order valence-corrected chi connectivity index (χ2v) is 6.97. The first-order chi connectivity index (χ1) is 14.1. The van der Waals surface area contributed by atoms with Gasteiger partial charge >= 0.3 is 5.97 Å². The molecule has 0 saturated carbocycles. The van der Waals surface area contributed by atoms with E-state index in [-0.39, 0.29) is 18.4 Å². The van der Waals surface area contributed by atoms with E-state index in [1.165, 1.54) is 12.1 Å². The van der Waals surface area contributed by atoms with E-state index in [1.807, 2.05) is 60.8 Å². The molecule has 0 spiro atoms. The zero-order valence-corrected chi connectivity index (χ0v) is 15.8. The van der Waals surface area contributed by atoms with E-state index < -0.39 is 5.97 Å². The van der Waals surface area contributed by atoms with E-state index in [4.69, 9.17) is 0 Å². The summed E-state index contributed by atoms with van der Waals surface area (Å²) >= 11 is 0. The van der Waals surface area contributed by atoms with E-state index in [0.717, 1.165) is 27.6 Å². The van der Waals surface area contributed by atoms with Crippen LogP contribution in [0.3, 0.4) is 0 Å². The van der Waals surface area contributed by atoms with E-state index in [0.29, 0.717) is 6.54 Å². The second kappa shape index (κ2) is 8.29. The summed E-state index contributed by atoms with van der Waals surface area (Å²) in [5.41, 5.74) is 3.76. The second-order valence-electron chi connectivity index (χ2n) is 6.97. The van der Waals surface area contributed by atoms with Gasteiger partial charge in [-0.2, -0.15) is 0 Å². The van der Waals surface area contributed by atoms with Gasteiger partial charge in [0.05, 0.1) is 6.42 Å². The standard InChI is InChI=1S/C24H21FN2O2/c25-20-12-10-17(11-13-20)15-26-24(18-6-2-1-3-7-18)27-16-19(14-23(28)29)21-8-4-5-9-22(21)27/h1-13,16,24,26H,14-15H2,(H,28,29). The molecule has 2 N–H and O–H groups in total. The summed E-state index contributed by atoms with van der Waals surface area (Å²) < 4.78 is 15.3. The molecule has 1 aromatic heterocycles. The van der Waals surface area contributed by atoms with Crippen LogP contribution in [0.2, 0.25) is 0 Å². The van der Waals surface area contributed by atoms with Gasteiger partial charge in [0.2, 0.25) is 0 Å². The smallest absolute Gasteiger partial charge is 0.307 e. The summed E-state index contributed by atoms with van der Waals surface area (Å²) in [5.74, 6) is -1.12. The molecule has 0 radical (unpaired) electrons. The summed E-state index contributed by atoms with van der Waals surface area (Å²) in [7, 11) is 0. The lowest BCUT2D eigenvalue weighted by Gasteiger charge is -2.22. The van der Waals surface area contributed by atoms with Gasteiger partial charge in [-0.1, -0.05) is 60.7 Å². The highest BCUT2D eigenvalue weighted by Gasteiger charge is 2.18. The first-order valence-electron chi connectivity index (χ1n) is 9.45. The van der Waals surface area contributed by atoms with E-state index >= 15 is 0 Å². The van der Waals surface area contributed by atoms with Crippen molar-refractivity contribution in [2.45, 2.75) is 19.1 Å². The Hall–Kier alpha value is -3.44. The predicted octanol–water partition coefficient (Wildman–Crippen LogP) is 4.74. The minimum absolute atomic E-state index is 0.0347. The first kappa shape index (κ1) is 18.9. The zero-order valence-electron chi connectivity index (χ0n) is 15.8. The molecule has 0 fully saturated rings. The number of halogens is 1. The Labute approximate surface area is 168 Å². The van der Waals surface area contributed by atoms with Crippen molar-refractivity contribution in [1.29, 1.82) is 0 Å². The topological polar surface area (TPSA) is 54.3 Å². The number of aromatic nitrogens is 1. The molecule has 4 rings (SSSR count). The lowest BCUT2D eigenvalue weighted by atomic mass is 10.1. The highest BCUT2D eigenvalue weighted by Crippen LogP contribution is 2.28. The monoisotopic (exact) mass is 388 g/mol. The van der Waals surface area contributed by atoms with Crippen molar-refractivity contribution in [2.75, 3.05) is 0 Å². The molecular formula is C24H21FN2O2. The number of para-hydroxylation sites is 1. The van der Waals surface area contributed by atoms with Crippen molar-refractivity contribution < 1.29 is 14.3 Å². The minimum atomic E-state index is -0.858. The Morgan fingerprint density at radius 1 is 0.966 bits per heavy atom. The van der Waals surface area contributed by atoms with Crippen LogP contribution in [0.5, 0.6) is 0 Å². The van der Waals surface area contributed by atoms with E-state index in [1.54, 1.807) is 12.1 Å². The van der Waals surface area contributed by atoms with Crippen LogP contribution >= 0.6 is 0 Å². The quantitative estimate of drug-likeness (QED) is 0.481. The third-order valence-corrected chi connectivity index (χ3v) is 4.97. The third-order valence-electron chi connectivity index (χ3n) is 4.97. The summed E-state index contributed by atoms with van der Waals surface area (Å²) in [6, 6.07) is 24.2. The highest BCUT2D eigenvalue weighted by atomic mass is 19.1. The molecule has 1 atom stereocenters. The molecular weight excluding hydrogens is 367 g/mol. The van der Waals surface area contributed by atoms with Gasteiger partial charge in [0.15, 0.2) is 0 Å². The summed E-state index contributed by atoms with van der Waals surface area (Å²) in [6.45, 7) is 0.542. The number of hydrogen-bond donors (Lipinski definition) is 2. The van der Waals surface area contributed by atoms with Crippen LogP contribution < -0.4 is 5.32 Å². The third kappa shape index (κ3) is 4.20. The number of carbonyl (C=O) groups is 1. The van der Waals surface area contributed by atoms with Gasteiger partial charge in [0.1, 0.15) is 12.0 Å². The van der Waals surface area contributed by atoms with Crippen LogP contribution in [0.25, 0.3) is 10.9 Å². The van der Waals surface area contributed by atoms with Gasteiger partial charge in [0.25, 0.3) is 0 Å². The van der Waals surface area contributed by atoms with Gasteiger partial charge in [-0.15, -0.1) is 0 Å². The SMILES string of the molecule is O=C(O)Cc1cn(C(NCc2ccc(F)cc2)c2ccccc2)c2ccccc12. The Kier molecular flexibility index (Phi) is 5.40. The van der Waals surface area contributed by atoms with Crippen LogP contribution in [0.1, 0.15) is 22.9 Å². The number of carboxylic acids is 1. The molecule has 1 unspecified atom stereocenters. The van der Waals surface area contributed by atoms with Crippen molar-refractivity contribution in [1.82, 2.24) is 9.88 Å². The number of aliphatic carboxylic acids is 1. The van der Waals surface area contributed by atoms with Crippen molar-refractivity contribution in [2.24, 2.45) is 0 Å². The average Bonchev–Trinajstić information content (AvgIpc) is 3.08. The number of fused-ring (bicyclic) bond motifs is 1. The lowest BCUT2D eigenvalue weighted by Crippen LogP contribution is -2.27. The maximum Gasteiger partial charge on any atom is 0.307 e. The summed E-state index contributed by atoms with van der Waals surface area (Å²) in [5, 5.41) is 13.8. The maximum absolute atomic E-state index is 13.2. The van der Waals surface area contributed by atoms with E-state index in [9.17, 15) is 14.3 Å². The zero-order chi connectivity index (χ0) is 20.2. The van der Waals surface area contributed by atoms with Gasteiger partial charge in [0, 0.05) is 23.6 Å². The molecule has 5 heteroatoms. The van der Waals surface area contributed by atoms with Gasteiger partial charge < -0.3 is 9.67 Å². The molecule has 0 saturated heterocycles. The van der Waals surface area contributed by atoms with Gasteiger partial charge in [-0.25, -0.2) is 4.39 Å². The molecule has 4 aromatic rings. The Morgan fingerprint density at radius 3 is 2.38 bits per heavy atom. The molecule has 0 aliphatic heterocycles. The Bertz CT molecular complexity index is 1120. The summed E-state index contributed by atoms with van der Waals surface area (Å²) in [6.07, 6.45) is 1.68. The molecule has 0 aliphatic carbocycles. The normalized spacial score (nSPS) is 12.2. The van der Waals surface area contributed by atoms with Crippen molar-refractivity contribution in [3.05, 3.63) is 108 Å². The largest absolute Gasteiger partial charge is 0.481 e. The van der Waals surface area contributed by atoms with Crippen LogP contribution in [0.4, 0.5) is 4.39 Å². The number of nitrogens with zero attached hydrogens (tertiary/aromatic N) is 1. The van der Waals surface area contributed by atoms with Crippen LogP contribution in [-0.2, 0) is 17.8 Å². The highest BCUT2D eigenvalue weighted by molar-refractivity contribution is 5.87. The van der Waals surface area contributed by atoms with Crippen molar-refractivity contribution in [3.8, 4) is 0 Å². The molecule has 29 heavy (non-hydrogen) atoms. The molecule has 0 bridgehead atoms. The predicted molar refractivity (Wildman–Crippen MR) is 111 cm³/mol. The van der Waals surface area contributed by atoms with Crippen molar-refractivity contribution >= 4 is 16.9 Å². The molecule has 146 valence electrons. The van der Waals surface area contributed by atoms with Crippen LogP contribution in [-0.4, -0.2) is 15.6 Å². The fourth-order valence-corrected chi connectivity index (χ4v) is 3.62. The number of nitrogens with one attached hydrogen (secondary N) is 1. The number of hydrogen-bond acceptors (Lipinski definition) is 2. The summed E-state index contributed by atoms with van der Waals surface area (Å²) in [4.78, 5) is 11.3. The Balaban J connectivity index is 1.75. The maximum atomic E-state index is 13.2. The minimum Gasteiger partial charge on any atom is -0.481 e. The van der Waals surface area contributed by atoms with Gasteiger partial charge in [-0.05, 0) is 34.9 Å². The lowest BCUT2D eigenvalue weighted by molar-refractivity contribution is -0.136. The van der Waals surface area contributed by atoms with Crippen LogP contribution in [0, 0.1) is 5.82 Å². The number of benzene rings is 3. The average molecular weight is 388 g/mol. The number of rotatable bonds is 7. The van der Waals surface area contributed by atoms with E-state index in [2.05, 4.69) is 9.88 Å². The first-order valence-corrected chi connectivity index (χ1v) is 9.45. The molecule has 0 amide bonds. The van der Waals surface area contributed by atoms with Gasteiger partial charge in [-0.3, -0.25) is 10.1 Å². The molecule has 1 heterocycles. The molecule has 3 aromatic carbocycles. The fourth-order valence-electron chi connectivity index (χ4n) is 3.62. The molecule has 0 aliphatic rings. The molecule has 4 nitrogen and oxygen atoms in total. The Morgan fingerprint density at radius 2 is 1.66 bits per heavy atom. The van der Waals surface area contributed by atoms with Crippen LogP contribution in [0.15, 0.2) is 85.1 Å². The fraction of sp³-hybridized carbons (Fsp3) is 0.125. The van der Waals surface area contributed by atoms with Crippen molar-refractivity contribution in [3.63, 3.8) is 0 Å².